The molecule has 4 N–H and O–H groups in total. The molecule has 4 fully saturated rings. The average molecular weight is 905 g/mol. The molecule has 0 bridgehead atoms. The molecule has 21 atom stereocenters. The molecule has 3 heterocycles. The fraction of sp³-hybridized carbons (Fsp3) is 1.00. The van der Waals surface area contributed by atoms with E-state index in [0.717, 1.165) is 0 Å². The highest BCUT2D eigenvalue weighted by Crippen LogP contribution is 2.42. The number of nitrogens with two attached hydrogens (primary N) is 1. The van der Waals surface area contributed by atoms with Crippen molar-refractivity contribution >= 4 is 11.8 Å². The number of methoxy groups -OCH3 is 12. The molecule has 4 rings (SSSR count). The van der Waals surface area contributed by atoms with Crippen molar-refractivity contribution in [3.8, 4) is 0 Å². The molecule has 0 aromatic carbocycles. The van der Waals surface area contributed by atoms with Gasteiger partial charge in [-0.1, -0.05) is 0 Å². The second-order valence-electron chi connectivity index (χ2n) is 15.6. The molecule has 0 amide bonds. The second kappa shape index (κ2) is 26.6. The first-order chi connectivity index (χ1) is 29.6. The zero-order valence-corrected chi connectivity index (χ0v) is 39.1. The van der Waals surface area contributed by atoms with Gasteiger partial charge in [-0.2, -0.15) is 11.8 Å². The van der Waals surface area contributed by atoms with Crippen LogP contribution in [0.4, 0.5) is 0 Å². The predicted octanol–water partition coefficient (Wildman–Crippen LogP) is -0.717. The van der Waals surface area contributed by atoms with Crippen molar-refractivity contribution in [2.24, 2.45) is 17.6 Å². The second-order valence-corrected chi connectivity index (χ2v) is 16.8. The average Bonchev–Trinajstić information content (AvgIpc) is 3.27. The van der Waals surface area contributed by atoms with Crippen LogP contribution >= 0.6 is 11.8 Å². The van der Waals surface area contributed by atoms with Crippen molar-refractivity contribution in [2.75, 3.05) is 124 Å². The van der Waals surface area contributed by atoms with Gasteiger partial charge in [0.2, 0.25) is 0 Å². The summed E-state index contributed by atoms with van der Waals surface area (Å²) in [6.45, 7) is 3.00. The summed E-state index contributed by atoms with van der Waals surface area (Å²) < 4.78 is 104. The molecule has 61 heavy (non-hydrogen) atoms. The molecule has 0 radical (unpaired) electrons. The van der Waals surface area contributed by atoms with Gasteiger partial charge < -0.3 is 96.7 Å². The number of rotatable bonds is 25. The molecule has 0 aromatic heterocycles. The Morgan fingerprint density at radius 2 is 0.934 bits per heavy atom. The van der Waals surface area contributed by atoms with Gasteiger partial charge in [-0.15, -0.1) is 0 Å². The van der Waals surface area contributed by atoms with Crippen LogP contribution in [-0.2, 0) is 80.5 Å². The Morgan fingerprint density at radius 1 is 0.492 bits per heavy atom. The number of hydrogen-bond acceptors (Lipinski definition) is 21. The summed E-state index contributed by atoms with van der Waals surface area (Å²) in [4.78, 5) is 0. The third-order valence-corrected chi connectivity index (χ3v) is 13.9. The van der Waals surface area contributed by atoms with Gasteiger partial charge in [0.05, 0.1) is 44.2 Å². The molecular weight excluding hydrogens is 829 g/mol. The van der Waals surface area contributed by atoms with Gasteiger partial charge in [-0.25, -0.2) is 0 Å². The lowest BCUT2D eigenvalue weighted by molar-refractivity contribution is -0.381. The van der Waals surface area contributed by atoms with Crippen molar-refractivity contribution in [2.45, 2.75) is 122 Å². The maximum Gasteiger partial charge on any atom is 0.187 e. The van der Waals surface area contributed by atoms with Crippen LogP contribution in [0.25, 0.3) is 0 Å². The third kappa shape index (κ3) is 11.9. The van der Waals surface area contributed by atoms with Crippen molar-refractivity contribution in [1.82, 2.24) is 5.32 Å². The minimum Gasteiger partial charge on any atom is -0.396 e. The number of ether oxygens (including phenoxy) is 17. The molecule has 21 heteroatoms. The minimum absolute atomic E-state index is 0.0830. The van der Waals surface area contributed by atoms with E-state index in [2.05, 4.69) is 5.32 Å². The van der Waals surface area contributed by atoms with Crippen LogP contribution < -0.4 is 11.1 Å². The normalized spacial score (nSPS) is 43.4. The van der Waals surface area contributed by atoms with Gasteiger partial charge in [0.15, 0.2) is 18.9 Å². The maximum atomic E-state index is 10.6. The Hall–Kier alpha value is -0.450. The lowest BCUT2D eigenvalue weighted by atomic mass is 9.72. The first-order valence-electron chi connectivity index (χ1n) is 20.8. The van der Waals surface area contributed by atoms with Gasteiger partial charge in [0.1, 0.15) is 61.0 Å². The fourth-order valence-electron chi connectivity index (χ4n) is 9.66. The number of nitrogens with one attached hydrogen (secondary N) is 1. The quantitative estimate of drug-likeness (QED) is 0.103. The van der Waals surface area contributed by atoms with Crippen LogP contribution in [0.3, 0.4) is 0 Å². The molecule has 4 aliphatic rings. The van der Waals surface area contributed by atoms with E-state index in [1.807, 2.05) is 6.92 Å². The lowest BCUT2D eigenvalue weighted by Crippen LogP contribution is -2.72. The first-order valence-corrected chi connectivity index (χ1v) is 21.8. The van der Waals surface area contributed by atoms with Gasteiger partial charge >= 0.3 is 0 Å². The predicted molar refractivity (Wildman–Crippen MR) is 220 cm³/mol. The van der Waals surface area contributed by atoms with Crippen LogP contribution in [0.5, 0.6) is 0 Å². The number of aliphatic hydroxyl groups is 1. The van der Waals surface area contributed by atoms with Crippen molar-refractivity contribution in [1.29, 1.82) is 0 Å². The Kier molecular flexibility index (Phi) is 23.2. The lowest BCUT2D eigenvalue weighted by Gasteiger charge is -2.53. The van der Waals surface area contributed by atoms with E-state index < -0.39 is 104 Å². The summed E-state index contributed by atoms with van der Waals surface area (Å²) in [7, 11) is 19.1. The number of hydrogen-bond donors (Lipinski definition) is 3. The van der Waals surface area contributed by atoms with Gasteiger partial charge in [0.25, 0.3) is 0 Å². The topological polar surface area (TPSA) is 215 Å². The zero-order valence-electron chi connectivity index (χ0n) is 38.2. The summed E-state index contributed by atoms with van der Waals surface area (Å²) in [6.07, 6.45) is -11.2. The third-order valence-electron chi connectivity index (χ3n) is 12.4. The van der Waals surface area contributed by atoms with Gasteiger partial charge in [-0.3, -0.25) is 0 Å². The summed E-state index contributed by atoms with van der Waals surface area (Å²) in [5, 5.41) is 14.4. The van der Waals surface area contributed by atoms with E-state index in [1.54, 1.807) is 90.0 Å². The van der Waals surface area contributed by atoms with E-state index in [9.17, 15) is 5.11 Å². The molecule has 20 nitrogen and oxygen atoms in total. The monoisotopic (exact) mass is 904 g/mol. The molecule has 0 aromatic rings. The Bertz CT molecular complexity index is 1210. The number of thioether (sulfide) groups is 1. The zero-order chi connectivity index (χ0) is 44.8. The standard InChI is InChI=1S/C40H76N2O18S/c1-20-25(42-26-31(49-7)27(47-5)21(16-43)22(17-44-2)37(26)61-15-14-41)30(48-6)34(52-10)39(56-20)59-29-24(19-46-4)58-40(36(54-12)33(29)51-9)60-28-23(18-45-3)57-38(55-13)35(53-11)32(28)50-8/h20-40,42-43H,14-19,41H2,1-13H3/t20?,21-,22?,23?,24?,25-,26-,27-,28-,29-,30-,31?,32-,33-,34?,35?,36?,37?,38?,39-,40-/m0/s1. The van der Waals surface area contributed by atoms with Crippen molar-refractivity contribution < 1.29 is 85.6 Å². The van der Waals surface area contributed by atoms with E-state index in [-0.39, 0.29) is 42.9 Å². The summed E-state index contributed by atoms with van der Waals surface area (Å²) in [5.41, 5.74) is 6.03. The molecule has 10 unspecified atom stereocenters. The summed E-state index contributed by atoms with van der Waals surface area (Å²) in [5.74, 6) is 0.356. The van der Waals surface area contributed by atoms with Crippen LogP contribution in [0.1, 0.15) is 6.92 Å². The molecular formula is C40H76N2O18S. The van der Waals surface area contributed by atoms with Crippen LogP contribution in [0.2, 0.25) is 0 Å². The molecule has 3 saturated heterocycles. The van der Waals surface area contributed by atoms with Crippen LogP contribution in [0, 0.1) is 11.8 Å². The smallest absolute Gasteiger partial charge is 0.187 e. The van der Waals surface area contributed by atoms with Crippen LogP contribution in [-0.4, -0.2) is 245 Å². The van der Waals surface area contributed by atoms with Gasteiger partial charge in [0, 0.05) is 127 Å². The molecule has 1 saturated carbocycles. The fourth-order valence-corrected chi connectivity index (χ4v) is 11.0. The van der Waals surface area contributed by atoms with E-state index >= 15 is 0 Å². The van der Waals surface area contributed by atoms with Crippen molar-refractivity contribution in [3.05, 3.63) is 0 Å². The Morgan fingerprint density at radius 3 is 1.38 bits per heavy atom. The highest BCUT2D eigenvalue weighted by molar-refractivity contribution is 8.00. The highest BCUT2D eigenvalue weighted by atomic mass is 32.2. The molecule has 1 aliphatic carbocycles. The minimum atomic E-state index is -1.01. The Labute approximate surface area is 366 Å². The van der Waals surface area contributed by atoms with Gasteiger partial charge in [-0.05, 0) is 6.92 Å². The molecule has 0 spiro atoms. The van der Waals surface area contributed by atoms with Crippen LogP contribution in [0.15, 0.2) is 0 Å². The van der Waals surface area contributed by atoms with E-state index in [4.69, 9.17) is 86.3 Å². The largest absolute Gasteiger partial charge is 0.396 e. The highest BCUT2D eigenvalue weighted by Gasteiger charge is 2.57. The summed E-state index contributed by atoms with van der Waals surface area (Å²) >= 11 is 1.71. The SMILES string of the molecule is COCC1C(SCCN)[C@@H](N[C@H]2C(C)O[C@@H](O[C@H]3C(COC)O[C@@H](O[C@H]4C(COC)OC(OC)C(OC)[C@H]4OC)C(OC)[C@H]3OC)C(OC)[C@H]2OC)C(OC)[C@@H](OC)[C@H]1CO. The van der Waals surface area contributed by atoms with Crippen molar-refractivity contribution in [3.63, 3.8) is 0 Å². The molecule has 3 aliphatic heterocycles. The maximum absolute atomic E-state index is 10.6. The summed E-state index contributed by atoms with van der Waals surface area (Å²) in [6, 6.07) is -0.728. The Balaban J connectivity index is 1.63. The first kappa shape index (κ1) is 53.2. The number of aliphatic hydroxyl groups excluding tert-OH is 1. The molecule has 360 valence electrons. The van der Waals surface area contributed by atoms with E-state index in [0.29, 0.717) is 18.9 Å². The van der Waals surface area contributed by atoms with E-state index in [1.165, 1.54) is 7.11 Å².